The lowest BCUT2D eigenvalue weighted by Crippen LogP contribution is -2.54. The van der Waals surface area contributed by atoms with E-state index in [9.17, 15) is 9.59 Å². The van der Waals surface area contributed by atoms with E-state index in [0.717, 1.165) is 88.7 Å². The van der Waals surface area contributed by atoms with Gasteiger partial charge in [-0.3, -0.25) is 19.4 Å². The third-order valence-corrected chi connectivity index (χ3v) is 7.98. The Hall–Kier alpha value is -1.51. The first-order chi connectivity index (χ1) is 15.0. The van der Waals surface area contributed by atoms with Crippen LogP contribution in [0.25, 0.3) is 0 Å². The number of thiazole rings is 1. The van der Waals surface area contributed by atoms with E-state index in [0.29, 0.717) is 18.5 Å². The Balaban J connectivity index is 1.18. The van der Waals surface area contributed by atoms with E-state index in [-0.39, 0.29) is 11.8 Å². The molecule has 2 amide bonds. The van der Waals surface area contributed by atoms with Gasteiger partial charge < -0.3 is 9.80 Å². The average Bonchev–Trinajstić information content (AvgIpc) is 3.19. The molecule has 0 saturated carbocycles. The van der Waals surface area contributed by atoms with E-state index in [2.05, 4.69) is 32.0 Å². The molecule has 3 aliphatic rings. The van der Waals surface area contributed by atoms with Crippen molar-refractivity contribution in [1.29, 1.82) is 0 Å². The van der Waals surface area contributed by atoms with Crippen LogP contribution < -0.4 is 0 Å². The minimum Gasteiger partial charge on any atom is -0.340 e. The van der Waals surface area contributed by atoms with Crippen LogP contribution in [0.2, 0.25) is 0 Å². The number of aromatic nitrogens is 1. The molecule has 0 radical (unpaired) electrons. The van der Waals surface area contributed by atoms with Gasteiger partial charge in [0, 0.05) is 56.6 Å². The highest BCUT2D eigenvalue weighted by Crippen LogP contribution is 2.23. The summed E-state index contributed by atoms with van der Waals surface area (Å²) in [6, 6.07) is 0.370. The number of carbonyl (C=O) groups is 2. The highest BCUT2D eigenvalue weighted by Gasteiger charge is 2.32. The van der Waals surface area contributed by atoms with Gasteiger partial charge in [0.1, 0.15) is 0 Å². The number of amides is 2. The molecule has 1 atom stereocenters. The minimum absolute atomic E-state index is 0.149. The van der Waals surface area contributed by atoms with E-state index >= 15 is 0 Å². The molecule has 0 aliphatic carbocycles. The van der Waals surface area contributed by atoms with Gasteiger partial charge in [-0.25, -0.2) is 4.98 Å². The summed E-state index contributed by atoms with van der Waals surface area (Å²) in [7, 11) is 0. The summed E-state index contributed by atoms with van der Waals surface area (Å²) in [5.74, 6) is 0.727. The van der Waals surface area contributed by atoms with Crippen molar-refractivity contribution in [3.63, 3.8) is 0 Å². The average molecular weight is 448 g/mol. The molecule has 0 spiro atoms. The smallest absolute Gasteiger partial charge is 0.236 e. The SMILES string of the molecule is Cc1nc(CN2CCC(C(=O)N3CCN(CC(=O)N4CCCCC4C)CC3)CC2)cs1. The fraction of sp³-hybridized carbons (Fsp3) is 0.783. The van der Waals surface area contributed by atoms with Gasteiger partial charge in [0.05, 0.1) is 17.2 Å². The number of carbonyl (C=O) groups excluding carboxylic acids is 2. The molecule has 7 nitrogen and oxygen atoms in total. The maximum atomic E-state index is 13.0. The van der Waals surface area contributed by atoms with Crippen LogP contribution in [0, 0.1) is 12.8 Å². The van der Waals surface area contributed by atoms with Crippen LogP contribution in [0.1, 0.15) is 49.7 Å². The van der Waals surface area contributed by atoms with Gasteiger partial charge in [-0.05, 0) is 59.0 Å². The molecular weight excluding hydrogens is 410 g/mol. The number of hydrogen-bond donors (Lipinski definition) is 0. The number of piperazine rings is 1. The number of hydrogen-bond acceptors (Lipinski definition) is 6. The summed E-state index contributed by atoms with van der Waals surface area (Å²) >= 11 is 1.70. The van der Waals surface area contributed by atoms with Crippen LogP contribution in [0.15, 0.2) is 5.38 Å². The number of piperidine rings is 2. The van der Waals surface area contributed by atoms with Gasteiger partial charge in [-0.1, -0.05) is 0 Å². The Bertz CT molecular complexity index is 753. The fourth-order valence-corrected chi connectivity index (χ4v) is 5.79. The number of nitrogens with zero attached hydrogens (tertiary/aromatic N) is 5. The summed E-state index contributed by atoms with van der Waals surface area (Å²) in [6.07, 6.45) is 5.35. The molecule has 8 heteroatoms. The standard InChI is InChI=1S/C23H37N5O2S/c1-18-5-3-4-8-28(18)22(29)16-26-11-13-27(14-12-26)23(30)20-6-9-25(10-7-20)15-21-17-31-19(2)24-21/h17-18,20H,3-16H2,1-2H3. The van der Waals surface area contributed by atoms with Crippen molar-refractivity contribution >= 4 is 23.2 Å². The molecule has 0 N–H and O–H groups in total. The van der Waals surface area contributed by atoms with Crippen LogP contribution in [-0.2, 0) is 16.1 Å². The first-order valence-corrected chi connectivity index (χ1v) is 12.8. The van der Waals surface area contributed by atoms with Crippen LogP contribution in [0.4, 0.5) is 0 Å². The predicted octanol–water partition coefficient (Wildman–Crippen LogP) is 2.21. The van der Waals surface area contributed by atoms with Gasteiger partial charge in [-0.15, -0.1) is 11.3 Å². The van der Waals surface area contributed by atoms with Gasteiger partial charge >= 0.3 is 0 Å². The lowest BCUT2D eigenvalue weighted by Gasteiger charge is -2.39. The highest BCUT2D eigenvalue weighted by molar-refractivity contribution is 7.09. The van der Waals surface area contributed by atoms with Crippen molar-refractivity contribution in [3.8, 4) is 0 Å². The number of rotatable bonds is 5. The second-order valence-corrected chi connectivity index (χ2v) is 10.5. The number of aryl methyl sites for hydroxylation is 1. The van der Waals surface area contributed by atoms with Crippen molar-refractivity contribution < 1.29 is 9.59 Å². The van der Waals surface area contributed by atoms with Crippen molar-refractivity contribution in [2.24, 2.45) is 5.92 Å². The molecule has 31 heavy (non-hydrogen) atoms. The summed E-state index contributed by atoms with van der Waals surface area (Å²) in [6.45, 7) is 11.6. The molecule has 1 unspecified atom stereocenters. The molecule has 3 saturated heterocycles. The summed E-state index contributed by atoms with van der Waals surface area (Å²) < 4.78 is 0. The molecule has 0 bridgehead atoms. The van der Waals surface area contributed by atoms with E-state index in [4.69, 9.17) is 0 Å². The zero-order valence-electron chi connectivity index (χ0n) is 19.1. The Morgan fingerprint density at radius 2 is 1.74 bits per heavy atom. The van der Waals surface area contributed by atoms with Crippen LogP contribution in [0.3, 0.4) is 0 Å². The Labute approximate surface area is 190 Å². The molecule has 1 aromatic heterocycles. The molecule has 172 valence electrons. The van der Waals surface area contributed by atoms with Crippen LogP contribution in [0.5, 0.6) is 0 Å². The molecule has 3 fully saturated rings. The maximum Gasteiger partial charge on any atom is 0.236 e. The summed E-state index contributed by atoms with van der Waals surface area (Å²) in [5.41, 5.74) is 1.15. The van der Waals surface area contributed by atoms with Gasteiger partial charge in [0.15, 0.2) is 0 Å². The lowest BCUT2D eigenvalue weighted by molar-refractivity contribution is -0.140. The fourth-order valence-electron chi connectivity index (χ4n) is 5.18. The largest absolute Gasteiger partial charge is 0.340 e. The first kappa shape index (κ1) is 22.7. The second kappa shape index (κ2) is 10.4. The molecule has 0 aromatic carbocycles. The van der Waals surface area contributed by atoms with E-state index in [1.807, 2.05) is 11.8 Å². The molecule has 4 rings (SSSR count). The topological polar surface area (TPSA) is 60.0 Å². The van der Waals surface area contributed by atoms with Crippen molar-refractivity contribution in [2.75, 3.05) is 52.4 Å². The second-order valence-electron chi connectivity index (χ2n) is 9.44. The Morgan fingerprint density at radius 1 is 1.00 bits per heavy atom. The highest BCUT2D eigenvalue weighted by atomic mass is 32.1. The predicted molar refractivity (Wildman–Crippen MR) is 123 cm³/mol. The van der Waals surface area contributed by atoms with Crippen molar-refractivity contribution in [2.45, 2.75) is 58.5 Å². The summed E-state index contributed by atoms with van der Waals surface area (Å²) in [5, 5.41) is 3.26. The first-order valence-electron chi connectivity index (χ1n) is 11.9. The lowest BCUT2D eigenvalue weighted by atomic mass is 9.95. The molecule has 3 aliphatic heterocycles. The molecular formula is C23H37N5O2S. The molecule has 4 heterocycles. The van der Waals surface area contributed by atoms with Gasteiger partial charge in [0.2, 0.25) is 11.8 Å². The van der Waals surface area contributed by atoms with Crippen molar-refractivity contribution in [3.05, 3.63) is 16.1 Å². The minimum atomic E-state index is 0.149. The normalized spacial score (nSPS) is 24.5. The molecule has 1 aromatic rings. The van der Waals surface area contributed by atoms with Crippen LogP contribution in [-0.4, -0.2) is 94.8 Å². The Morgan fingerprint density at radius 3 is 2.39 bits per heavy atom. The quantitative estimate of drug-likeness (QED) is 0.693. The third kappa shape index (κ3) is 5.84. The monoisotopic (exact) mass is 447 g/mol. The van der Waals surface area contributed by atoms with Crippen LogP contribution >= 0.6 is 11.3 Å². The number of likely N-dealkylation sites (tertiary alicyclic amines) is 2. The maximum absolute atomic E-state index is 13.0. The van der Waals surface area contributed by atoms with E-state index in [1.165, 1.54) is 6.42 Å². The van der Waals surface area contributed by atoms with Crippen molar-refractivity contribution in [1.82, 2.24) is 24.6 Å². The van der Waals surface area contributed by atoms with Gasteiger partial charge in [0.25, 0.3) is 0 Å². The van der Waals surface area contributed by atoms with E-state index < -0.39 is 0 Å². The Kier molecular flexibility index (Phi) is 7.61. The summed E-state index contributed by atoms with van der Waals surface area (Å²) in [4.78, 5) is 39.0. The zero-order chi connectivity index (χ0) is 21.8. The third-order valence-electron chi connectivity index (χ3n) is 7.16. The zero-order valence-corrected chi connectivity index (χ0v) is 19.9. The van der Waals surface area contributed by atoms with E-state index in [1.54, 1.807) is 11.3 Å². The van der Waals surface area contributed by atoms with Gasteiger partial charge in [-0.2, -0.15) is 0 Å².